The first-order valence-corrected chi connectivity index (χ1v) is 9.39. The van der Waals surface area contributed by atoms with E-state index in [2.05, 4.69) is 11.9 Å². The molecule has 28 heavy (non-hydrogen) atoms. The average molecular weight is 382 g/mol. The van der Waals surface area contributed by atoms with Gasteiger partial charge in [-0.05, 0) is 23.3 Å². The summed E-state index contributed by atoms with van der Waals surface area (Å²) in [5.41, 5.74) is 1.73. The van der Waals surface area contributed by atoms with Crippen LogP contribution in [0.3, 0.4) is 0 Å². The number of hydrogen-bond acceptors (Lipinski definition) is 2. The Morgan fingerprint density at radius 1 is 1.07 bits per heavy atom. The van der Waals surface area contributed by atoms with Crippen molar-refractivity contribution in [3.05, 3.63) is 84.2 Å². The molecule has 0 heterocycles. The van der Waals surface area contributed by atoms with Crippen molar-refractivity contribution in [2.24, 2.45) is 5.92 Å². The number of amides is 2. The van der Waals surface area contributed by atoms with Crippen molar-refractivity contribution in [1.82, 2.24) is 10.2 Å². The third-order valence-electron chi connectivity index (χ3n) is 4.41. The van der Waals surface area contributed by atoms with Crippen molar-refractivity contribution in [2.75, 3.05) is 6.54 Å². The number of nitrogens with zero attached hydrogens (tertiary/aromatic N) is 1. The van der Waals surface area contributed by atoms with Crippen LogP contribution in [0.25, 0.3) is 0 Å². The fraction of sp³-hybridized carbons (Fsp3) is 0.304. The Kier molecular flexibility index (Phi) is 7.93. The molecule has 0 saturated heterocycles. The summed E-state index contributed by atoms with van der Waals surface area (Å²) < 4.78 is 13.3. The molecule has 1 atom stereocenters. The molecule has 0 aromatic heterocycles. The van der Waals surface area contributed by atoms with E-state index in [9.17, 15) is 14.0 Å². The average Bonchev–Trinajstić information content (AvgIpc) is 2.70. The topological polar surface area (TPSA) is 49.4 Å². The SMILES string of the molecule is C=CCNC(=O)C(Cc1ccccc1)N(Cc1ccc(F)cc1)C(=O)C(C)C. The Morgan fingerprint density at radius 2 is 1.71 bits per heavy atom. The van der Waals surface area contributed by atoms with Gasteiger partial charge in [-0.3, -0.25) is 9.59 Å². The van der Waals surface area contributed by atoms with Gasteiger partial charge in [-0.1, -0.05) is 62.4 Å². The number of rotatable bonds is 9. The van der Waals surface area contributed by atoms with Gasteiger partial charge in [-0.15, -0.1) is 6.58 Å². The summed E-state index contributed by atoms with van der Waals surface area (Å²) in [5.74, 6) is -0.972. The maximum Gasteiger partial charge on any atom is 0.243 e. The van der Waals surface area contributed by atoms with Crippen LogP contribution in [0.1, 0.15) is 25.0 Å². The Morgan fingerprint density at radius 3 is 2.29 bits per heavy atom. The predicted octanol–water partition coefficient (Wildman–Crippen LogP) is 3.72. The summed E-state index contributed by atoms with van der Waals surface area (Å²) in [5, 5.41) is 2.81. The Labute approximate surface area is 166 Å². The van der Waals surface area contributed by atoms with Gasteiger partial charge in [0.2, 0.25) is 11.8 Å². The van der Waals surface area contributed by atoms with E-state index in [1.807, 2.05) is 30.3 Å². The zero-order chi connectivity index (χ0) is 20.5. The molecule has 2 amide bonds. The minimum Gasteiger partial charge on any atom is -0.351 e. The van der Waals surface area contributed by atoms with Crippen molar-refractivity contribution < 1.29 is 14.0 Å². The number of nitrogens with one attached hydrogen (secondary N) is 1. The van der Waals surface area contributed by atoms with E-state index in [-0.39, 0.29) is 30.1 Å². The third kappa shape index (κ3) is 6.05. The van der Waals surface area contributed by atoms with Gasteiger partial charge in [-0.2, -0.15) is 0 Å². The molecule has 5 heteroatoms. The number of hydrogen-bond donors (Lipinski definition) is 1. The van der Waals surface area contributed by atoms with Crippen LogP contribution in [-0.4, -0.2) is 29.3 Å². The van der Waals surface area contributed by atoms with Crippen LogP contribution >= 0.6 is 0 Å². The molecule has 0 aliphatic carbocycles. The van der Waals surface area contributed by atoms with E-state index in [0.717, 1.165) is 11.1 Å². The summed E-state index contributed by atoms with van der Waals surface area (Å²) in [4.78, 5) is 27.5. The van der Waals surface area contributed by atoms with E-state index >= 15 is 0 Å². The number of carbonyl (C=O) groups is 2. The molecule has 0 spiro atoms. The molecule has 0 aliphatic rings. The standard InChI is InChI=1S/C23H27FN2O2/c1-4-14-25-22(27)21(15-18-8-6-5-7-9-18)26(23(28)17(2)3)16-19-10-12-20(24)13-11-19/h4-13,17,21H,1,14-16H2,2-3H3,(H,25,27). The molecule has 0 saturated carbocycles. The molecule has 1 unspecified atom stereocenters. The van der Waals surface area contributed by atoms with Crippen molar-refractivity contribution in [1.29, 1.82) is 0 Å². The van der Waals surface area contributed by atoms with E-state index in [1.165, 1.54) is 12.1 Å². The number of halogens is 1. The van der Waals surface area contributed by atoms with Gasteiger partial charge in [0, 0.05) is 25.4 Å². The highest BCUT2D eigenvalue weighted by atomic mass is 19.1. The van der Waals surface area contributed by atoms with Crippen LogP contribution in [0.15, 0.2) is 67.3 Å². The number of carbonyl (C=O) groups excluding carboxylic acids is 2. The van der Waals surface area contributed by atoms with Crippen molar-refractivity contribution in [3.8, 4) is 0 Å². The van der Waals surface area contributed by atoms with Crippen LogP contribution in [-0.2, 0) is 22.6 Å². The molecule has 0 radical (unpaired) electrons. The van der Waals surface area contributed by atoms with Gasteiger partial charge in [0.05, 0.1) is 0 Å². The van der Waals surface area contributed by atoms with Crippen molar-refractivity contribution in [3.63, 3.8) is 0 Å². The summed E-state index contributed by atoms with van der Waals surface area (Å²) in [7, 11) is 0. The second-order valence-corrected chi connectivity index (χ2v) is 6.99. The van der Waals surface area contributed by atoms with E-state index in [1.54, 1.807) is 37.0 Å². The van der Waals surface area contributed by atoms with Crippen molar-refractivity contribution >= 4 is 11.8 Å². The fourth-order valence-electron chi connectivity index (χ4n) is 2.93. The lowest BCUT2D eigenvalue weighted by molar-refractivity contribution is -0.143. The maximum atomic E-state index is 13.3. The highest BCUT2D eigenvalue weighted by Crippen LogP contribution is 2.17. The summed E-state index contributed by atoms with van der Waals surface area (Å²) in [6.45, 7) is 7.80. The molecule has 2 aromatic rings. The fourth-order valence-corrected chi connectivity index (χ4v) is 2.93. The molecular formula is C23H27FN2O2. The Hall–Kier alpha value is -2.95. The van der Waals surface area contributed by atoms with Crippen LogP contribution in [0, 0.1) is 11.7 Å². The molecule has 0 aliphatic heterocycles. The molecule has 148 valence electrons. The quantitative estimate of drug-likeness (QED) is 0.672. The van der Waals surface area contributed by atoms with E-state index in [4.69, 9.17) is 0 Å². The molecule has 1 N–H and O–H groups in total. The minimum atomic E-state index is -0.678. The highest BCUT2D eigenvalue weighted by molar-refractivity contribution is 5.88. The van der Waals surface area contributed by atoms with Crippen LogP contribution in [0.4, 0.5) is 4.39 Å². The van der Waals surface area contributed by atoms with Crippen LogP contribution in [0.5, 0.6) is 0 Å². The lowest BCUT2D eigenvalue weighted by Crippen LogP contribution is -2.51. The second kappa shape index (κ2) is 10.4. The number of benzene rings is 2. The molecule has 0 bridgehead atoms. The molecule has 4 nitrogen and oxygen atoms in total. The zero-order valence-corrected chi connectivity index (χ0v) is 16.4. The summed E-state index contributed by atoms with van der Waals surface area (Å²) in [6.07, 6.45) is 2.00. The largest absolute Gasteiger partial charge is 0.351 e. The normalized spacial score (nSPS) is 11.7. The first kappa shape index (κ1) is 21.4. The van der Waals surface area contributed by atoms with E-state index in [0.29, 0.717) is 13.0 Å². The lowest BCUT2D eigenvalue weighted by atomic mass is 10.0. The monoisotopic (exact) mass is 382 g/mol. The second-order valence-electron chi connectivity index (χ2n) is 6.99. The first-order chi connectivity index (χ1) is 13.4. The van der Waals surface area contributed by atoms with Gasteiger partial charge in [-0.25, -0.2) is 4.39 Å². The highest BCUT2D eigenvalue weighted by Gasteiger charge is 2.31. The van der Waals surface area contributed by atoms with Gasteiger partial charge in [0.25, 0.3) is 0 Å². The van der Waals surface area contributed by atoms with Gasteiger partial charge in [0.15, 0.2) is 0 Å². The smallest absolute Gasteiger partial charge is 0.243 e. The predicted molar refractivity (Wildman–Crippen MR) is 109 cm³/mol. The van der Waals surface area contributed by atoms with E-state index < -0.39 is 6.04 Å². The minimum absolute atomic E-state index is 0.126. The van der Waals surface area contributed by atoms with Crippen molar-refractivity contribution in [2.45, 2.75) is 32.9 Å². The molecule has 2 aromatic carbocycles. The van der Waals surface area contributed by atoms with Gasteiger partial charge >= 0.3 is 0 Å². The Bertz CT molecular complexity index is 788. The molecule has 0 fully saturated rings. The maximum absolute atomic E-state index is 13.3. The third-order valence-corrected chi connectivity index (χ3v) is 4.41. The lowest BCUT2D eigenvalue weighted by Gasteiger charge is -2.32. The first-order valence-electron chi connectivity index (χ1n) is 9.39. The molecule has 2 rings (SSSR count). The van der Waals surface area contributed by atoms with Gasteiger partial charge in [0.1, 0.15) is 11.9 Å². The zero-order valence-electron chi connectivity index (χ0n) is 16.4. The summed E-state index contributed by atoms with van der Waals surface area (Å²) >= 11 is 0. The Balaban J connectivity index is 2.36. The van der Waals surface area contributed by atoms with Gasteiger partial charge < -0.3 is 10.2 Å². The summed E-state index contributed by atoms with van der Waals surface area (Å²) in [6, 6.07) is 14.9. The van der Waals surface area contributed by atoms with Crippen LogP contribution in [0.2, 0.25) is 0 Å². The van der Waals surface area contributed by atoms with Crippen LogP contribution < -0.4 is 5.32 Å². The molecular weight excluding hydrogens is 355 g/mol.